The number of rotatable bonds is 63. The zero-order valence-corrected chi connectivity index (χ0v) is 53.6. The van der Waals surface area contributed by atoms with E-state index in [0.29, 0.717) is 6.42 Å². The highest BCUT2D eigenvalue weighted by Crippen LogP contribution is 2.23. The fraction of sp³-hybridized carbons (Fsp3) is 0.903. The Morgan fingerprint density at radius 3 is 1.06 bits per heavy atom. The van der Waals surface area contributed by atoms with Gasteiger partial charge in [0.05, 0.1) is 25.4 Å². The topological polar surface area (TPSA) is 149 Å². The second-order valence-corrected chi connectivity index (χ2v) is 25.0. The van der Waals surface area contributed by atoms with E-state index in [1.54, 1.807) is 6.08 Å². The molecular weight excluding hydrogens is 1010 g/mol. The molecule has 0 aromatic carbocycles. The van der Waals surface area contributed by atoms with E-state index in [-0.39, 0.29) is 12.5 Å². The molecule has 0 spiro atoms. The van der Waals surface area contributed by atoms with Gasteiger partial charge in [0.2, 0.25) is 5.91 Å². The van der Waals surface area contributed by atoms with E-state index in [2.05, 4.69) is 43.5 Å². The standard InChI is InChI=1S/C72H137NO8/c1-3-5-7-9-11-13-15-17-19-21-23-25-27-29-31-32-33-34-36-37-39-41-43-45-47-49-51-53-55-57-59-61-66(75)65(64-80-72-71(79)70(78)69(77)67(63-74)81-72)73-68(76)62-60-58-56-54-52-50-48-46-44-42-40-38-35-30-28-26-24-22-20-18-16-14-12-10-8-6-4-2/h16,18,22,24,59,61,65-67,69-72,74-75,77-79H,3-15,17,19-21,23,25-58,60,62-64H2,1-2H3,(H,73,76)/b18-16-,24-22-,61-59+. The Bertz CT molecular complexity index is 1370. The molecule has 1 rings (SSSR count). The van der Waals surface area contributed by atoms with E-state index < -0.39 is 49.5 Å². The van der Waals surface area contributed by atoms with Crippen molar-refractivity contribution in [1.29, 1.82) is 0 Å². The number of aliphatic hydroxyl groups excluding tert-OH is 5. The van der Waals surface area contributed by atoms with Gasteiger partial charge in [-0.05, 0) is 51.4 Å². The summed E-state index contributed by atoms with van der Waals surface area (Å²) in [6.45, 7) is 3.82. The van der Waals surface area contributed by atoms with Crippen molar-refractivity contribution < 1.29 is 39.8 Å². The first-order valence-corrected chi connectivity index (χ1v) is 35.7. The van der Waals surface area contributed by atoms with Gasteiger partial charge in [-0.2, -0.15) is 0 Å². The highest BCUT2D eigenvalue weighted by molar-refractivity contribution is 5.76. The van der Waals surface area contributed by atoms with Crippen molar-refractivity contribution in [3.8, 4) is 0 Å². The van der Waals surface area contributed by atoms with Crippen molar-refractivity contribution >= 4 is 5.91 Å². The van der Waals surface area contributed by atoms with Gasteiger partial charge in [-0.1, -0.05) is 339 Å². The predicted molar refractivity (Wildman–Crippen MR) is 346 cm³/mol. The fourth-order valence-corrected chi connectivity index (χ4v) is 11.6. The number of nitrogens with one attached hydrogen (secondary N) is 1. The molecule has 6 N–H and O–H groups in total. The maximum atomic E-state index is 13.1. The maximum absolute atomic E-state index is 13.1. The molecule has 1 amide bonds. The number of unbranched alkanes of at least 4 members (excludes halogenated alkanes) is 49. The first-order chi connectivity index (χ1) is 39.8. The van der Waals surface area contributed by atoms with Crippen LogP contribution in [0.3, 0.4) is 0 Å². The van der Waals surface area contributed by atoms with Crippen molar-refractivity contribution in [2.24, 2.45) is 0 Å². The van der Waals surface area contributed by atoms with Crippen LogP contribution in [0.1, 0.15) is 361 Å². The summed E-state index contributed by atoms with van der Waals surface area (Å²) in [7, 11) is 0. The molecule has 0 bridgehead atoms. The van der Waals surface area contributed by atoms with Crippen molar-refractivity contribution in [3.05, 3.63) is 36.5 Å². The summed E-state index contributed by atoms with van der Waals surface area (Å²) >= 11 is 0. The van der Waals surface area contributed by atoms with Gasteiger partial charge in [-0.15, -0.1) is 0 Å². The monoisotopic (exact) mass is 1140 g/mol. The van der Waals surface area contributed by atoms with Gasteiger partial charge >= 0.3 is 0 Å². The second-order valence-electron chi connectivity index (χ2n) is 25.0. The van der Waals surface area contributed by atoms with Crippen molar-refractivity contribution in [2.75, 3.05) is 13.2 Å². The third-order valence-electron chi connectivity index (χ3n) is 17.2. The van der Waals surface area contributed by atoms with Crippen LogP contribution in [-0.2, 0) is 14.3 Å². The molecule has 1 aliphatic rings. The van der Waals surface area contributed by atoms with E-state index in [4.69, 9.17) is 9.47 Å². The van der Waals surface area contributed by atoms with Gasteiger partial charge in [0, 0.05) is 6.42 Å². The molecule has 0 aromatic heterocycles. The minimum Gasteiger partial charge on any atom is -0.394 e. The van der Waals surface area contributed by atoms with Crippen LogP contribution in [0.15, 0.2) is 36.5 Å². The highest BCUT2D eigenvalue weighted by Gasteiger charge is 2.44. The summed E-state index contributed by atoms with van der Waals surface area (Å²) in [6, 6.07) is -0.806. The van der Waals surface area contributed by atoms with Crippen LogP contribution in [0.5, 0.6) is 0 Å². The highest BCUT2D eigenvalue weighted by atomic mass is 16.7. The number of amides is 1. The number of hydrogen-bond acceptors (Lipinski definition) is 8. The summed E-state index contributed by atoms with van der Waals surface area (Å²) in [5, 5.41) is 54.8. The Kier molecular flexibility index (Phi) is 58.8. The molecule has 9 nitrogen and oxygen atoms in total. The van der Waals surface area contributed by atoms with Gasteiger partial charge in [0.25, 0.3) is 0 Å². The molecule has 0 saturated carbocycles. The normalized spacial score (nSPS) is 18.5. The smallest absolute Gasteiger partial charge is 0.220 e. The molecule has 1 saturated heterocycles. The molecule has 7 atom stereocenters. The Morgan fingerprint density at radius 2 is 0.728 bits per heavy atom. The summed E-state index contributed by atoms with van der Waals surface area (Å²) in [6.07, 6.45) is 75.4. The average Bonchev–Trinajstić information content (AvgIpc) is 3.48. The third-order valence-corrected chi connectivity index (χ3v) is 17.2. The van der Waals surface area contributed by atoms with E-state index in [0.717, 1.165) is 44.9 Å². The summed E-state index contributed by atoms with van der Waals surface area (Å²) in [5.41, 5.74) is 0. The van der Waals surface area contributed by atoms with Crippen molar-refractivity contribution in [2.45, 2.75) is 403 Å². The average molecular weight is 1140 g/mol. The number of allylic oxidation sites excluding steroid dienone is 5. The number of hydrogen-bond donors (Lipinski definition) is 6. The largest absolute Gasteiger partial charge is 0.394 e. The van der Waals surface area contributed by atoms with Crippen LogP contribution in [0.4, 0.5) is 0 Å². The van der Waals surface area contributed by atoms with Gasteiger partial charge in [0.15, 0.2) is 6.29 Å². The van der Waals surface area contributed by atoms with Crippen LogP contribution < -0.4 is 5.32 Å². The number of ether oxygens (including phenoxy) is 2. The Morgan fingerprint density at radius 1 is 0.420 bits per heavy atom. The summed E-state index contributed by atoms with van der Waals surface area (Å²) in [4.78, 5) is 13.1. The molecule has 0 aromatic rings. The van der Waals surface area contributed by atoms with E-state index in [9.17, 15) is 30.3 Å². The van der Waals surface area contributed by atoms with E-state index in [1.807, 2.05) is 6.08 Å². The van der Waals surface area contributed by atoms with Crippen LogP contribution in [0.2, 0.25) is 0 Å². The lowest BCUT2D eigenvalue weighted by atomic mass is 9.99. The van der Waals surface area contributed by atoms with Crippen molar-refractivity contribution in [1.82, 2.24) is 5.32 Å². The molecule has 1 aliphatic heterocycles. The molecule has 0 radical (unpaired) electrons. The zero-order chi connectivity index (χ0) is 58.6. The van der Waals surface area contributed by atoms with E-state index >= 15 is 0 Å². The minimum absolute atomic E-state index is 0.171. The minimum atomic E-state index is -1.57. The first kappa shape index (κ1) is 77.4. The third kappa shape index (κ3) is 50.3. The first-order valence-electron chi connectivity index (χ1n) is 35.7. The Balaban J connectivity index is 2.12. The number of aliphatic hydroxyl groups is 5. The van der Waals surface area contributed by atoms with Gasteiger partial charge in [-0.3, -0.25) is 4.79 Å². The molecule has 1 heterocycles. The predicted octanol–water partition coefficient (Wildman–Crippen LogP) is 19.4. The van der Waals surface area contributed by atoms with Gasteiger partial charge < -0.3 is 40.3 Å². The van der Waals surface area contributed by atoms with Crippen LogP contribution in [0, 0.1) is 0 Å². The summed E-state index contributed by atoms with van der Waals surface area (Å²) in [5.74, 6) is -0.171. The molecule has 1 fully saturated rings. The summed E-state index contributed by atoms with van der Waals surface area (Å²) < 4.78 is 11.3. The molecule has 9 heteroatoms. The molecule has 81 heavy (non-hydrogen) atoms. The second kappa shape index (κ2) is 61.5. The zero-order valence-electron chi connectivity index (χ0n) is 53.6. The lowest BCUT2D eigenvalue weighted by Crippen LogP contribution is -2.60. The quantitative estimate of drug-likeness (QED) is 0.0261. The van der Waals surface area contributed by atoms with Gasteiger partial charge in [0.1, 0.15) is 24.4 Å². The maximum Gasteiger partial charge on any atom is 0.220 e. The number of carbonyl (C=O) groups is 1. The molecule has 0 aliphatic carbocycles. The van der Waals surface area contributed by atoms with Crippen LogP contribution >= 0.6 is 0 Å². The molecular formula is C72H137NO8. The van der Waals surface area contributed by atoms with Crippen molar-refractivity contribution in [3.63, 3.8) is 0 Å². The Labute approximate surface area is 501 Å². The van der Waals surface area contributed by atoms with E-state index in [1.165, 1.54) is 295 Å². The SMILES string of the molecule is CCCCCCC/C=C\C/C=C\CCCCCCCCCCCCCCCCCC(=O)NC(COC1OC(CO)C(O)C(O)C1O)C(O)/C=C/CCCCCCCCCCCCCCCCCCCCCCCCCCCCCCC. The number of carbonyl (C=O) groups excluding carboxylic acids is 1. The van der Waals surface area contributed by atoms with Crippen LogP contribution in [0.25, 0.3) is 0 Å². The van der Waals surface area contributed by atoms with Crippen LogP contribution in [-0.4, -0.2) is 87.5 Å². The Hall–Kier alpha value is -1.59. The molecule has 478 valence electrons. The lowest BCUT2D eigenvalue weighted by molar-refractivity contribution is -0.302. The lowest BCUT2D eigenvalue weighted by Gasteiger charge is -2.40. The van der Waals surface area contributed by atoms with Gasteiger partial charge in [-0.25, -0.2) is 0 Å². The molecule has 7 unspecified atom stereocenters. The fourth-order valence-electron chi connectivity index (χ4n) is 11.6.